The highest BCUT2D eigenvalue weighted by atomic mass is 79.9. The number of nitrogens with zero attached hydrogens (tertiary/aromatic N) is 1. The lowest BCUT2D eigenvalue weighted by molar-refractivity contribution is 0.0939. The van der Waals surface area contributed by atoms with Crippen LogP contribution >= 0.6 is 15.9 Å². The van der Waals surface area contributed by atoms with Crippen LogP contribution in [0.5, 0.6) is 11.5 Å². The molecule has 0 spiro atoms. The third-order valence-electron chi connectivity index (χ3n) is 3.24. The Balaban J connectivity index is 2.22. The maximum atomic E-state index is 12.2. The number of aromatic nitrogens is 1. The SMILES string of the molecule is COc1cc(Br)c(C(C)NC(=O)c2cccnc2)cc1OC. The van der Waals surface area contributed by atoms with E-state index in [4.69, 9.17) is 9.47 Å². The van der Waals surface area contributed by atoms with Gasteiger partial charge in [-0.25, -0.2) is 0 Å². The molecule has 2 aromatic rings. The highest BCUT2D eigenvalue weighted by Crippen LogP contribution is 2.35. The van der Waals surface area contributed by atoms with E-state index in [1.54, 1.807) is 32.5 Å². The number of methoxy groups -OCH3 is 2. The molecule has 0 saturated carbocycles. The fourth-order valence-electron chi connectivity index (χ4n) is 2.06. The van der Waals surface area contributed by atoms with Crippen molar-refractivity contribution in [2.24, 2.45) is 0 Å². The molecule has 2 rings (SSSR count). The van der Waals surface area contributed by atoms with E-state index in [1.807, 2.05) is 19.1 Å². The molecule has 0 aliphatic carbocycles. The minimum atomic E-state index is -0.207. The maximum absolute atomic E-state index is 12.2. The van der Waals surface area contributed by atoms with Gasteiger partial charge in [-0.1, -0.05) is 15.9 Å². The minimum Gasteiger partial charge on any atom is -0.493 e. The normalized spacial score (nSPS) is 11.6. The van der Waals surface area contributed by atoms with Crippen LogP contribution in [0.1, 0.15) is 28.9 Å². The topological polar surface area (TPSA) is 60.5 Å². The molecule has 0 fully saturated rings. The van der Waals surface area contributed by atoms with Crippen molar-refractivity contribution in [3.05, 3.63) is 52.3 Å². The molecule has 0 aliphatic rings. The molecular formula is C16H17BrN2O3. The molecule has 1 heterocycles. The third kappa shape index (κ3) is 3.57. The number of ether oxygens (including phenoxy) is 2. The van der Waals surface area contributed by atoms with Crippen molar-refractivity contribution >= 4 is 21.8 Å². The Bertz CT molecular complexity index is 662. The lowest BCUT2D eigenvalue weighted by Gasteiger charge is -2.18. The summed E-state index contributed by atoms with van der Waals surface area (Å²) in [5.41, 5.74) is 1.42. The van der Waals surface area contributed by atoms with Crippen LogP contribution in [0.25, 0.3) is 0 Å². The summed E-state index contributed by atoms with van der Waals surface area (Å²) in [7, 11) is 3.16. The van der Waals surface area contributed by atoms with Crippen LogP contribution in [0.2, 0.25) is 0 Å². The van der Waals surface area contributed by atoms with Crippen LogP contribution in [0, 0.1) is 0 Å². The molecule has 1 aromatic carbocycles. The largest absolute Gasteiger partial charge is 0.493 e. The van der Waals surface area contributed by atoms with E-state index in [0.717, 1.165) is 10.0 Å². The van der Waals surface area contributed by atoms with Gasteiger partial charge < -0.3 is 14.8 Å². The number of carbonyl (C=O) groups is 1. The van der Waals surface area contributed by atoms with Crippen molar-refractivity contribution in [3.8, 4) is 11.5 Å². The monoisotopic (exact) mass is 364 g/mol. The standard InChI is InChI=1S/C16H17BrN2O3/c1-10(19-16(20)11-5-4-6-18-9-11)12-7-14(21-2)15(22-3)8-13(12)17/h4-10H,1-3H3,(H,19,20). The molecule has 0 radical (unpaired) electrons. The van der Waals surface area contributed by atoms with Gasteiger partial charge in [-0.2, -0.15) is 0 Å². The molecule has 5 nitrogen and oxygen atoms in total. The molecule has 6 heteroatoms. The number of nitrogens with one attached hydrogen (secondary N) is 1. The van der Waals surface area contributed by atoms with Gasteiger partial charge in [-0.3, -0.25) is 9.78 Å². The molecule has 0 aliphatic heterocycles. The van der Waals surface area contributed by atoms with Crippen LogP contribution < -0.4 is 14.8 Å². The highest BCUT2D eigenvalue weighted by Gasteiger charge is 2.17. The second kappa shape index (κ2) is 7.26. The summed E-state index contributed by atoms with van der Waals surface area (Å²) in [5.74, 6) is 1.06. The lowest BCUT2D eigenvalue weighted by Crippen LogP contribution is -2.27. The van der Waals surface area contributed by atoms with Gasteiger partial charge in [0.05, 0.1) is 25.8 Å². The van der Waals surface area contributed by atoms with E-state index in [1.165, 1.54) is 6.20 Å². The van der Waals surface area contributed by atoms with E-state index in [0.29, 0.717) is 17.1 Å². The average Bonchev–Trinajstić information content (AvgIpc) is 2.55. The first kappa shape index (κ1) is 16.3. The number of rotatable bonds is 5. The van der Waals surface area contributed by atoms with E-state index in [2.05, 4.69) is 26.2 Å². The molecular weight excluding hydrogens is 348 g/mol. The molecule has 1 atom stereocenters. The first-order valence-electron chi connectivity index (χ1n) is 6.69. The summed E-state index contributed by atoms with van der Waals surface area (Å²) in [6, 6.07) is 6.91. The fourth-order valence-corrected chi connectivity index (χ4v) is 2.72. The van der Waals surface area contributed by atoms with E-state index >= 15 is 0 Å². The van der Waals surface area contributed by atoms with Crippen molar-refractivity contribution in [1.82, 2.24) is 10.3 Å². The smallest absolute Gasteiger partial charge is 0.253 e. The summed E-state index contributed by atoms with van der Waals surface area (Å²) in [4.78, 5) is 16.1. The zero-order chi connectivity index (χ0) is 16.1. The van der Waals surface area contributed by atoms with Gasteiger partial charge in [0.1, 0.15) is 0 Å². The number of carbonyl (C=O) groups excluding carboxylic acids is 1. The van der Waals surface area contributed by atoms with Crippen molar-refractivity contribution in [2.45, 2.75) is 13.0 Å². The van der Waals surface area contributed by atoms with Gasteiger partial charge in [0.25, 0.3) is 5.91 Å². The average molecular weight is 365 g/mol. The van der Waals surface area contributed by atoms with Crippen molar-refractivity contribution < 1.29 is 14.3 Å². The molecule has 1 amide bonds. The first-order valence-corrected chi connectivity index (χ1v) is 7.48. The summed E-state index contributed by atoms with van der Waals surface area (Å²) in [6.45, 7) is 1.90. The zero-order valence-corrected chi connectivity index (χ0v) is 14.2. The molecule has 116 valence electrons. The van der Waals surface area contributed by atoms with Gasteiger partial charge in [0.2, 0.25) is 0 Å². The predicted molar refractivity (Wildman–Crippen MR) is 87.4 cm³/mol. The third-order valence-corrected chi connectivity index (χ3v) is 3.93. The Kier molecular flexibility index (Phi) is 5.38. The highest BCUT2D eigenvalue weighted by molar-refractivity contribution is 9.10. The molecule has 1 aromatic heterocycles. The number of hydrogen-bond acceptors (Lipinski definition) is 4. The Morgan fingerprint density at radius 1 is 1.27 bits per heavy atom. The van der Waals surface area contributed by atoms with Gasteiger partial charge in [0, 0.05) is 16.9 Å². The maximum Gasteiger partial charge on any atom is 0.253 e. The number of pyridine rings is 1. The van der Waals surface area contributed by atoms with Gasteiger partial charge in [-0.05, 0) is 36.8 Å². The summed E-state index contributed by atoms with van der Waals surface area (Å²) < 4.78 is 11.4. The minimum absolute atomic E-state index is 0.178. The van der Waals surface area contributed by atoms with E-state index < -0.39 is 0 Å². The predicted octanol–water partition coefficient (Wildman–Crippen LogP) is 3.35. The second-order valence-electron chi connectivity index (χ2n) is 4.67. The van der Waals surface area contributed by atoms with Crippen LogP contribution in [0.15, 0.2) is 41.1 Å². The number of halogens is 1. The van der Waals surface area contributed by atoms with Crippen molar-refractivity contribution in [1.29, 1.82) is 0 Å². The molecule has 0 saturated heterocycles. The van der Waals surface area contributed by atoms with E-state index in [9.17, 15) is 4.79 Å². The Hall–Kier alpha value is -2.08. The number of benzene rings is 1. The van der Waals surface area contributed by atoms with Crippen LogP contribution in [0.4, 0.5) is 0 Å². The van der Waals surface area contributed by atoms with E-state index in [-0.39, 0.29) is 11.9 Å². The fraction of sp³-hybridized carbons (Fsp3) is 0.250. The van der Waals surface area contributed by atoms with Gasteiger partial charge in [0.15, 0.2) is 11.5 Å². The summed E-state index contributed by atoms with van der Waals surface area (Å²) in [6.07, 6.45) is 3.16. The lowest BCUT2D eigenvalue weighted by atomic mass is 10.1. The van der Waals surface area contributed by atoms with Crippen molar-refractivity contribution in [3.63, 3.8) is 0 Å². The number of hydrogen-bond donors (Lipinski definition) is 1. The second-order valence-corrected chi connectivity index (χ2v) is 5.52. The number of amides is 1. The first-order chi connectivity index (χ1) is 10.6. The molecule has 1 N–H and O–H groups in total. The Labute approximate surface area is 137 Å². The molecule has 22 heavy (non-hydrogen) atoms. The molecule has 1 unspecified atom stereocenters. The Morgan fingerprint density at radius 3 is 2.55 bits per heavy atom. The summed E-state index contributed by atoms with van der Waals surface area (Å²) in [5, 5.41) is 2.94. The van der Waals surface area contributed by atoms with Gasteiger partial charge >= 0.3 is 0 Å². The zero-order valence-electron chi connectivity index (χ0n) is 12.6. The van der Waals surface area contributed by atoms with Crippen molar-refractivity contribution in [2.75, 3.05) is 14.2 Å². The quantitative estimate of drug-likeness (QED) is 0.883. The Morgan fingerprint density at radius 2 is 1.95 bits per heavy atom. The van der Waals surface area contributed by atoms with Crippen LogP contribution in [-0.2, 0) is 0 Å². The summed E-state index contributed by atoms with van der Waals surface area (Å²) >= 11 is 3.50. The van der Waals surface area contributed by atoms with Crippen LogP contribution in [0.3, 0.4) is 0 Å². The van der Waals surface area contributed by atoms with Crippen LogP contribution in [-0.4, -0.2) is 25.1 Å². The van der Waals surface area contributed by atoms with Gasteiger partial charge in [-0.15, -0.1) is 0 Å². The molecule has 0 bridgehead atoms.